The molecule has 0 bridgehead atoms. The fourth-order valence-electron chi connectivity index (χ4n) is 2.28. The number of benzene rings is 3. The highest BCUT2D eigenvalue weighted by Crippen LogP contribution is 2.28. The first kappa shape index (κ1) is 12.7. The van der Waals surface area contributed by atoms with Crippen molar-refractivity contribution in [3.05, 3.63) is 77.9 Å². The number of aliphatic hydroxyl groups excluding tert-OH is 1. The topological polar surface area (TPSA) is 29.5 Å². The van der Waals surface area contributed by atoms with Gasteiger partial charge in [0.2, 0.25) is 0 Å². The maximum atomic E-state index is 9.35. The standard InChI is InChI=1S/C18H16O2/c19-12-15-10-16-8-4-5-9-17(16)18(11-15)20-13-14-6-2-1-3-7-14/h1-11,19H,12-13H2. The summed E-state index contributed by atoms with van der Waals surface area (Å²) in [6.07, 6.45) is 0. The molecule has 0 aliphatic carbocycles. The van der Waals surface area contributed by atoms with Gasteiger partial charge in [-0.1, -0.05) is 54.6 Å². The Bertz CT molecular complexity index is 705. The number of hydrogen-bond donors (Lipinski definition) is 1. The van der Waals surface area contributed by atoms with Gasteiger partial charge in [-0.2, -0.15) is 0 Å². The van der Waals surface area contributed by atoms with Crippen molar-refractivity contribution in [2.24, 2.45) is 0 Å². The molecule has 0 heterocycles. The predicted octanol–water partition coefficient (Wildman–Crippen LogP) is 3.91. The second-order valence-corrected chi connectivity index (χ2v) is 4.75. The minimum Gasteiger partial charge on any atom is -0.488 e. The molecule has 0 aliphatic heterocycles. The number of aliphatic hydroxyl groups is 1. The van der Waals surface area contributed by atoms with E-state index in [9.17, 15) is 5.11 Å². The van der Waals surface area contributed by atoms with Crippen LogP contribution < -0.4 is 4.74 Å². The lowest BCUT2D eigenvalue weighted by atomic mass is 10.1. The highest BCUT2D eigenvalue weighted by molar-refractivity contribution is 5.89. The van der Waals surface area contributed by atoms with Crippen molar-refractivity contribution in [3.63, 3.8) is 0 Å². The zero-order chi connectivity index (χ0) is 13.8. The Kier molecular flexibility index (Phi) is 3.66. The second-order valence-electron chi connectivity index (χ2n) is 4.75. The third-order valence-corrected chi connectivity index (χ3v) is 3.30. The maximum Gasteiger partial charge on any atom is 0.127 e. The van der Waals surface area contributed by atoms with Crippen molar-refractivity contribution in [2.45, 2.75) is 13.2 Å². The molecule has 3 rings (SSSR count). The second kappa shape index (κ2) is 5.76. The molecule has 2 nitrogen and oxygen atoms in total. The molecule has 2 heteroatoms. The fraction of sp³-hybridized carbons (Fsp3) is 0.111. The molecule has 0 saturated heterocycles. The van der Waals surface area contributed by atoms with Gasteiger partial charge < -0.3 is 9.84 Å². The molecular weight excluding hydrogens is 248 g/mol. The summed E-state index contributed by atoms with van der Waals surface area (Å²) in [5.41, 5.74) is 2.00. The summed E-state index contributed by atoms with van der Waals surface area (Å²) in [5.74, 6) is 0.816. The lowest BCUT2D eigenvalue weighted by molar-refractivity contribution is 0.279. The average Bonchev–Trinajstić information content (AvgIpc) is 2.53. The van der Waals surface area contributed by atoms with Crippen LogP contribution in [0.2, 0.25) is 0 Å². The van der Waals surface area contributed by atoms with E-state index in [1.54, 1.807) is 0 Å². The molecule has 0 aliphatic rings. The van der Waals surface area contributed by atoms with Gasteiger partial charge in [0.25, 0.3) is 0 Å². The van der Waals surface area contributed by atoms with Crippen molar-refractivity contribution in [3.8, 4) is 5.75 Å². The number of hydrogen-bond acceptors (Lipinski definition) is 2. The molecule has 1 N–H and O–H groups in total. The predicted molar refractivity (Wildman–Crippen MR) is 80.6 cm³/mol. The van der Waals surface area contributed by atoms with E-state index in [4.69, 9.17) is 4.74 Å². The van der Waals surface area contributed by atoms with Gasteiger partial charge in [-0.25, -0.2) is 0 Å². The number of rotatable bonds is 4. The Balaban J connectivity index is 1.93. The van der Waals surface area contributed by atoms with Crippen LogP contribution in [0.4, 0.5) is 0 Å². The molecule has 0 radical (unpaired) electrons. The van der Waals surface area contributed by atoms with E-state index in [0.717, 1.165) is 27.6 Å². The molecule has 0 atom stereocenters. The van der Waals surface area contributed by atoms with E-state index in [0.29, 0.717) is 6.61 Å². The summed E-state index contributed by atoms with van der Waals surface area (Å²) in [4.78, 5) is 0. The quantitative estimate of drug-likeness (QED) is 0.774. The molecule has 0 aromatic heterocycles. The summed E-state index contributed by atoms with van der Waals surface area (Å²) in [7, 11) is 0. The van der Waals surface area contributed by atoms with Gasteiger partial charge in [-0.3, -0.25) is 0 Å². The smallest absolute Gasteiger partial charge is 0.127 e. The van der Waals surface area contributed by atoms with Gasteiger partial charge in [0.15, 0.2) is 0 Å². The third kappa shape index (κ3) is 2.65. The fourth-order valence-corrected chi connectivity index (χ4v) is 2.28. The molecule has 0 unspecified atom stereocenters. The van der Waals surface area contributed by atoms with E-state index >= 15 is 0 Å². The summed E-state index contributed by atoms with van der Waals surface area (Å²) < 4.78 is 5.94. The van der Waals surface area contributed by atoms with Crippen molar-refractivity contribution >= 4 is 10.8 Å². The number of ether oxygens (including phenoxy) is 1. The zero-order valence-electron chi connectivity index (χ0n) is 11.1. The minimum atomic E-state index is 0.0204. The SMILES string of the molecule is OCc1cc(OCc2ccccc2)c2ccccc2c1. The number of fused-ring (bicyclic) bond motifs is 1. The summed E-state index contributed by atoms with van der Waals surface area (Å²) in [5, 5.41) is 11.5. The van der Waals surface area contributed by atoms with E-state index in [1.807, 2.05) is 66.7 Å². The van der Waals surface area contributed by atoms with Crippen LogP contribution in [0.25, 0.3) is 10.8 Å². The van der Waals surface area contributed by atoms with E-state index in [2.05, 4.69) is 0 Å². The van der Waals surface area contributed by atoms with Gasteiger partial charge in [0.1, 0.15) is 12.4 Å². The monoisotopic (exact) mass is 264 g/mol. The summed E-state index contributed by atoms with van der Waals surface area (Å²) in [6.45, 7) is 0.548. The van der Waals surface area contributed by atoms with Crippen molar-refractivity contribution < 1.29 is 9.84 Å². The first-order valence-electron chi connectivity index (χ1n) is 6.66. The van der Waals surface area contributed by atoms with E-state index in [-0.39, 0.29) is 6.61 Å². The van der Waals surface area contributed by atoms with E-state index in [1.165, 1.54) is 0 Å². The summed E-state index contributed by atoms with van der Waals surface area (Å²) >= 11 is 0. The largest absolute Gasteiger partial charge is 0.488 e. The average molecular weight is 264 g/mol. The molecule has 0 fully saturated rings. The van der Waals surface area contributed by atoms with Gasteiger partial charge >= 0.3 is 0 Å². The Morgan fingerprint density at radius 3 is 2.35 bits per heavy atom. The third-order valence-electron chi connectivity index (χ3n) is 3.30. The Hall–Kier alpha value is -2.32. The lowest BCUT2D eigenvalue weighted by Crippen LogP contribution is -1.97. The molecule has 3 aromatic rings. The van der Waals surface area contributed by atoms with Gasteiger partial charge in [0.05, 0.1) is 6.61 Å². The Labute approximate surface area is 118 Å². The van der Waals surface area contributed by atoms with Gasteiger partial charge in [-0.05, 0) is 28.6 Å². The van der Waals surface area contributed by atoms with Crippen LogP contribution in [0.1, 0.15) is 11.1 Å². The molecule has 0 spiro atoms. The normalized spacial score (nSPS) is 10.7. The first-order chi connectivity index (χ1) is 9.86. The molecule has 3 aromatic carbocycles. The highest BCUT2D eigenvalue weighted by atomic mass is 16.5. The molecule has 0 amide bonds. The zero-order valence-corrected chi connectivity index (χ0v) is 11.1. The van der Waals surface area contributed by atoms with Crippen LogP contribution in [-0.2, 0) is 13.2 Å². The minimum absolute atomic E-state index is 0.0204. The van der Waals surface area contributed by atoms with Gasteiger partial charge in [0, 0.05) is 5.39 Å². The van der Waals surface area contributed by atoms with Crippen LogP contribution in [0.15, 0.2) is 66.7 Å². The Morgan fingerprint density at radius 2 is 1.55 bits per heavy atom. The molecule has 0 saturated carbocycles. The van der Waals surface area contributed by atoms with Crippen molar-refractivity contribution in [2.75, 3.05) is 0 Å². The first-order valence-corrected chi connectivity index (χ1v) is 6.66. The van der Waals surface area contributed by atoms with Crippen molar-refractivity contribution in [1.29, 1.82) is 0 Å². The molecular formula is C18H16O2. The van der Waals surface area contributed by atoms with Crippen LogP contribution in [0.5, 0.6) is 5.75 Å². The maximum absolute atomic E-state index is 9.35. The van der Waals surface area contributed by atoms with Crippen LogP contribution in [-0.4, -0.2) is 5.11 Å². The van der Waals surface area contributed by atoms with E-state index < -0.39 is 0 Å². The molecule has 20 heavy (non-hydrogen) atoms. The van der Waals surface area contributed by atoms with Crippen LogP contribution in [0.3, 0.4) is 0 Å². The van der Waals surface area contributed by atoms with Crippen LogP contribution >= 0.6 is 0 Å². The Morgan fingerprint density at radius 1 is 0.800 bits per heavy atom. The lowest BCUT2D eigenvalue weighted by Gasteiger charge is -2.11. The summed E-state index contributed by atoms with van der Waals surface area (Å²) in [6, 6.07) is 22.0. The van der Waals surface area contributed by atoms with Crippen molar-refractivity contribution in [1.82, 2.24) is 0 Å². The van der Waals surface area contributed by atoms with Gasteiger partial charge in [-0.15, -0.1) is 0 Å². The highest BCUT2D eigenvalue weighted by Gasteiger charge is 2.05. The van der Waals surface area contributed by atoms with Crippen LogP contribution in [0, 0.1) is 0 Å². The molecule has 100 valence electrons.